The van der Waals surface area contributed by atoms with Gasteiger partial charge in [0.1, 0.15) is 11.5 Å². The SMILES string of the molecule is CC(C)(O)Cn1nc(-c2ccccc2)c(C#Cc2ccccc2)c1N. The van der Waals surface area contributed by atoms with Crippen LogP contribution in [0, 0.1) is 11.8 Å². The number of benzene rings is 2. The van der Waals surface area contributed by atoms with Crippen molar-refractivity contribution in [3.63, 3.8) is 0 Å². The van der Waals surface area contributed by atoms with Crippen LogP contribution in [0.2, 0.25) is 0 Å². The molecule has 1 heterocycles. The molecule has 0 aliphatic carbocycles. The van der Waals surface area contributed by atoms with Crippen LogP contribution in [0.15, 0.2) is 60.7 Å². The van der Waals surface area contributed by atoms with Crippen molar-refractivity contribution in [3.05, 3.63) is 71.8 Å². The van der Waals surface area contributed by atoms with Crippen molar-refractivity contribution in [1.29, 1.82) is 0 Å². The van der Waals surface area contributed by atoms with Gasteiger partial charge >= 0.3 is 0 Å². The average molecular weight is 331 g/mol. The Morgan fingerprint density at radius 1 is 1.00 bits per heavy atom. The smallest absolute Gasteiger partial charge is 0.138 e. The van der Waals surface area contributed by atoms with E-state index in [9.17, 15) is 5.11 Å². The summed E-state index contributed by atoms with van der Waals surface area (Å²) < 4.78 is 1.62. The van der Waals surface area contributed by atoms with E-state index < -0.39 is 5.60 Å². The highest BCUT2D eigenvalue weighted by Gasteiger charge is 2.21. The minimum Gasteiger partial charge on any atom is -0.389 e. The molecule has 0 amide bonds. The maximum Gasteiger partial charge on any atom is 0.138 e. The Labute approximate surface area is 147 Å². The molecule has 4 heteroatoms. The number of anilines is 1. The van der Waals surface area contributed by atoms with Gasteiger partial charge < -0.3 is 10.8 Å². The standard InChI is InChI=1S/C21H21N3O/c1-21(2,25)15-24-20(22)18(14-13-16-9-5-3-6-10-16)19(23-24)17-11-7-4-8-12-17/h3-12,25H,15,22H2,1-2H3. The van der Waals surface area contributed by atoms with Gasteiger partial charge in [0.05, 0.1) is 17.7 Å². The van der Waals surface area contributed by atoms with Crippen LogP contribution < -0.4 is 5.73 Å². The monoisotopic (exact) mass is 331 g/mol. The van der Waals surface area contributed by atoms with Crippen molar-refractivity contribution in [3.8, 4) is 23.1 Å². The molecule has 126 valence electrons. The van der Waals surface area contributed by atoms with Gasteiger partial charge in [-0.05, 0) is 26.0 Å². The van der Waals surface area contributed by atoms with E-state index in [-0.39, 0.29) is 0 Å². The van der Waals surface area contributed by atoms with Crippen LogP contribution in [0.25, 0.3) is 11.3 Å². The summed E-state index contributed by atoms with van der Waals surface area (Å²) in [6, 6.07) is 19.6. The van der Waals surface area contributed by atoms with Gasteiger partial charge in [0.2, 0.25) is 0 Å². The molecule has 0 saturated heterocycles. The van der Waals surface area contributed by atoms with E-state index in [2.05, 4.69) is 16.9 Å². The molecule has 0 aliphatic rings. The summed E-state index contributed by atoms with van der Waals surface area (Å²) in [4.78, 5) is 0. The molecule has 2 aromatic carbocycles. The fourth-order valence-corrected chi connectivity index (χ4v) is 2.54. The maximum atomic E-state index is 10.1. The Morgan fingerprint density at radius 2 is 1.60 bits per heavy atom. The lowest BCUT2D eigenvalue weighted by molar-refractivity contribution is 0.0585. The number of rotatable bonds is 3. The normalized spacial score (nSPS) is 11.0. The maximum absolute atomic E-state index is 10.1. The number of nitrogen functional groups attached to an aromatic ring is 1. The first-order chi connectivity index (χ1) is 11.9. The first-order valence-corrected chi connectivity index (χ1v) is 8.15. The zero-order chi connectivity index (χ0) is 17.9. The van der Waals surface area contributed by atoms with E-state index in [0.29, 0.717) is 17.9 Å². The Bertz CT molecular complexity index is 911. The molecule has 0 atom stereocenters. The summed E-state index contributed by atoms with van der Waals surface area (Å²) in [6.07, 6.45) is 0. The highest BCUT2D eigenvalue weighted by atomic mass is 16.3. The number of aromatic nitrogens is 2. The van der Waals surface area contributed by atoms with Crippen LogP contribution in [-0.2, 0) is 6.54 Å². The summed E-state index contributed by atoms with van der Waals surface area (Å²) >= 11 is 0. The number of nitrogens with two attached hydrogens (primary N) is 1. The van der Waals surface area contributed by atoms with Gasteiger partial charge in [-0.3, -0.25) is 0 Å². The van der Waals surface area contributed by atoms with E-state index in [4.69, 9.17) is 5.73 Å². The molecule has 25 heavy (non-hydrogen) atoms. The molecule has 4 nitrogen and oxygen atoms in total. The van der Waals surface area contributed by atoms with Crippen molar-refractivity contribution in [1.82, 2.24) is 9.78 Å². The molecular formula is C21H21N3O. The number of aliphatic hydroxyl groups is 1. The van der Waals surface area contributed by atoms with Gasteiger partial charge in [0.15, 0.2) is 0 Å². The van der Waals surface area contributed by atoms with Gasteiger partial charge in [-0.15, -0.1) is 0 Å². The largest absolute Gasteiger partial charge is 0.389 e. The third-order valence-electron chi connectivity index (χ3n) is 3.68. The minimum absolute atomic E-state index is 0.297. The molecule has 0 fully saturated rings. The van der Waals surface area contributed by atoms with Crippen molar-refractivity contribution in [2.75, 3.05) is 5.73 Å². The van der Waals surface area contributed by atoms with E-state index >= 15 is 0 Å². The van der Waals surface area contributed by atoms with Crippen LogP contribution in [0.1, 0.15) is 25.0 Å². The van der Waals surface area contributed by atoms with Crippen molar-refractivity contribution < 1.29 is 5.11 Å². The third kappa shape index (κ3) is 4.09. The molecule has 0 spiro atoms. The summed E-state index contributed by atoms with van der Waals surface area (Å²) in [5.41, 5.74) is 8.65. The molecular weight excluding hydrogens is 310 g/mol. The van der Waals surface area contributed by atoms with Gasteiger partial charge in [0.25, 0.3) is 0 Å². The van der Waals surface area contributed by atoms with E-state index in [1.165, 1.54) is 0 Å². The predicted octanol–water partition coefficient (Wildman–Crippen LogP) is 3.30. The molecule has 3 aromatic rings. The lowest BCUT2D eigenvalue weighted by Gasteiger charge is -2.17. The second-order valence-corrected chi connectivity index (χ2v) is 6.56. The van der Waals surface area contributed by atoms with Crippen LogP contribution in [0.4, 0.5) is 5.82 Å². The molecule has 0 radical (unpaired) electrons. The Morgan fingerprint density at radius 3 is 2.20 bits per heavy atom. The lowest BCUT2D eigenvalue weighted by Crippen LogP contribution is -2.27. The minimum atomic E-state index is -0.918. The molecule has 0 saturated carbocycles. The summed E-state index contributed by atoms with van der Waals surface area (Å²) in [6.45, 7) is 3.75. The van der Waals surface area contributed by atoms with E-state index in [1.807, 2.05) is 60.7 Å². The third-order valence-corrected chi connectivity index (χ3v) is 3.68. The predicted molar refractivity (Wildman–Crippen MR) is 101 cm³/mol. The van der Waals surface area contributed by atoms with Gasteiger partial charge in [-0.2, -0.15) is 5.10 Å². The molecule has 1 aromatic heterocycles. The summed E-state index contributed by atoms with van der Waals surface area (Å²) in [5.74, 6) is 6.77. The molecule has 3 rings (SSSR count). The molecule has 0 bridgehead atoms. The fraction of sp³-hybridized carbons (Fsp3) is 0.190. The van der Waals surface area contributed by atoms with Crippen molar-refractivity contribution >= 4 is 5.82 Å². The zero-order valence-corrected chi connectivity index (χ0v) is 14.4. The first-order valence-electron chi connectivity index (χ1n) is 8.15. The van der Waals surface area contributed by atoms with Crippen LogP contribution in [0.5, 0.6) is 0 Å². The number of nitrogens with zero attached hydrogens (tertiary/aromatic N) is 2. The summed E-state index contributed by atoms with van der Waals surface area (Å²) in [5, 5.41) is 14.7. The van der Waals surface area contributed by atoms with E-state index in [1.54, 1.807) is 18.5 Å². The lowest BCUT2D eigenvalue weighted by atomic mass is 10.1. The summed E-state index contributed by atoms with van der Waals surface area (Å²) in [7, 11) is 0. The Hall–Kier alpha value is -3.03. The molecule has 3 N–H and O–H groups in total. The zero-order valence-electron chi connectivity index (χ0n) is 14.4. The number of hydrogen-bond acceptors (Lipinski definition) is 3. The van der Waals surface area contributed by atoms with Crippen molar-refractivity contribution in [2.45, 2.75) is 26.0 Å². The quantitative estimate of drug-likeness (QED) is 0.724. The van der Waals surface area contributed by atoms with Gasteiger partial charge in [0, 0.05) is 11.1 Å². The van der Waals surface area contributed by atoms with Gasteiger partial charge in [-0.25, -0.2) is 4.68 Å². The fourth-order valence-electron chi connectivity index (χ4n) is 2.54. The van der Waals surface area contributed by atoms with Crippen LogP contribution in [-0.4, -0.2) is 20.5 Å². The number of hydrogen-bond donors (Lipinski definition) is 2. The van der Waals surface area contributed by atoms with Gasteiger partial charge in [-0.1, -0.05) is 60.4 Å². The topological polar surface area (TPSA) is 64.1 Å². The Kier molecular flexibility index (Phi) is 4.60. The van der Waals surface area contributed by atoms with Crippen LogP contribution >= 0.6 is 0 Å². The van der Waals surface area contributed by atoms with E-state index in [0.717, 1.165) is 16.8 Å². The highest BCUT2D eigenvalue weighted by Crippen LogP contribution is 2.27. The first kappa shape index (κ1) is 16.8. The average Bonchev–Trinajstić information content (AvgIpc) is 2.89. The highest BCUT2D eigenvalue weighted by molar-refractivity contribution is 5.74. The van der Waals surface area contributed by atoms with Crippen molar-refractivity contribution in [2.24, 2.45) is 0 Å². The molecule has 0 unspecified atom stereocenters. The second-order valence-electron chi connectivity index (χ2n) is 6.56. The Balaban J connectivity index is 2.10. The molecule has 0 aliphatic heterocycles. The van der Waals surface area contributed by atoms with Crippen LogP contribution in [0.3, 0.4) is 0 Å². The second kappa shape index (κ2) is 6.84.